The van der Waals surface area contributed by atoms with Gasteiger partial charge in [-0.1, -0.05) is 38.1 Å². The summed E-state index contributed by atoms with van der Waals surface area (Å²) in [4.78, 5) is 26.1. The Labute approximate surface area is 154 Å². The van der Waals surface area contributed by atoms with Crippen molar-refractivity contribution in [1.82, 2.24) is 10.2 Å². The van der Waals surface area contributed by atoms with Crippen LogP contribution in [0.1, 0.15) is 49.7 Å². The van der Waals surface area contributed by atoms with Gasteiger partial charge in [0.15, 0.2) is 0 Å². The molecule has 138 valence electrons. The van der Waals surface area contributed by atoms with E-state index in [1.54, 1.807) is 0 Å². The number of nitrogens with one attached hydrogen (secondary N) is 1. The van der Waals surface area contributed by atoms with Crippen LogP contribution in [0.3, 0.4) is 0 Å². The Hall–Kier alpha value is -2.04. The first-order valence-corrected chi connectivity index (χ1v) is 9.79. The first-order valence-electron chi connectivity index (χ1n) is 9.79. The number of fused-ring (bicyclic) bond motifs is 1. The highest BCUT2D eigenvalue weighted by molar-refractivity contribution is 5.82. The van der Waals surface area contributed by atoms with E-state index in [-0.39, 0.29) is 23.5 Å². The second-order valence-corrected chi connectivity index (χ2v) is 9.01. The number of nitrogens with zero attached hydrogens (tertiary/aromatic N) is 1. The van der Waals surface area contributed by atoms with Gasteiger partial charge in [-0.05, 0) is 47.6 Å². The number of cyclic esters (lactones) is 1. The molecule has 1 aromatic carbocycles. The zero-order valence-corrected chi connectivity index (χ0v) is 15.4. The molecular formula is C21H26N2O3. The second kappa shape index (κ2) is 5.48. The van der Waals surface area contributed by atoms with Crippen molar-refractivity contribution >= 4 is 12.0 Å². The van der Waals surface area contributed by atoms with Crippen molar-refractivity contribution in [1.29, 1.82) is 0 Å². The highest BCUT2D eigenvalue weighted by Gasteiger charge is 2.59. The normalized spacial score (nSPS) is 37.3. The molecule has 2 aliphatic carbocycles. The second-order valence-electron chi connectivity index (χ2n) is 9.01. The van der Waals surface area contributed by atoms with Crippen molar-refractivity contribution < 1.29 is 14.3 Å². The van der Waals surface area contributed by atoms with E-state index in [1.165, 1.54) is 11.1 Å². The van der Waals surface area contributed by atoms with E-state index in [9.17, 15) is 9.59 Å². The standard InChI is InChI=1S/C21H26N2O3/c1-12(2)13-4-3-5-14(6-13)18-16-9-23(10-17(16)18)19(24)15-7-21(8-15)11-26-20(25)22-21/h3-6,12,15-18H,7-11H2,1-2H3,(H,22,25)/t15?,16-,17+,18?,21?. The molecule has 0 bridgehead atoms. The lowest BCUT2D eigenvalue weighted by molar-refractivity contribution is -0.140. The van der Waals surface area contributed by atoms with Gasteiger partial charge in [0.1, 0.15) is 6.61 Å². The third kappa shape index (κ3) is 2.43. The molecule has 4 fully saturated rings. The highest BCUT2D eigenvalue weighted by Crippen LogP contribution is 2.59. The number of hydrogen-bond acceptors (Lipinski definition) is 3. The molecule has 2 saturated heterocycles. The molecule has 1 aromatic rings. The van der Waals surface area contributed by atoms with E-state index in [0.717, 1.165) is 25.9 Å². The SMILES string of the molecule is CC(C)c1cccc(C2[C@H]3CN(C(=O)C4CC5(COC(=O)N5)C4)C[C@@H]23)c1. The molecule has 5 rings (SSSR count). The van der Waals surface area contributed by atoms with Crippen LogP contribution in [0.25, 0.3) is 0 Å². The van der Waals surface area contributed by atoms with Gasteiger partial charge in [-0.25, -0.2) is 4.79 Å². The fourth-order valence-electron chi connectivity index (χ4n) is 5.35. The van der Waals surface area contributed by atoms with Crippen LogP contribution in [0.15, 0.2) is 24.3 Å². The summed E-state index contributed by atoms with van der Waals surface area (Å²) < 4.78 is 5.00. The maximum atomic E-state index is 12.8. The first kappa shape index (κ1) is 16.2. The molecule has 2 saturated carbocycles. The number of carbonyl (C=O) groups is 2. The molecule has 5 nitrogen and oxygen atoms in total. The minimum absolute atomic E-state index is 0.0530. The predicted molar refractivity (Wildman–Crippen MR) is 96.8 cm³/mol. The molecule has 3 atom stereocenters. The van der Waals surface area contributed by atoms with E-state index < -0.39 is 0 Å². The lowest BCUT2D eigenvalue weighted by Gasteiger charge is -2.43. The Morgan fingerprint density at radius 1 is 1.27 bits per heavy atom. The Kier molecular flexibility index (Phi) is 3.40. The average Bonchev–Trinajstić information content (AvgIpc) is 2.94. The monoisotopic (exact) mass is 354 g/mol. The maximum Gasteiger partial charge on any atom is 0.407 e. The number of benzene rings is 1. The number of alkyl carbamates (subject to hydrolysis) is 1. The summed E-state index contributed by atoms with van der Waals surface area (Å²) in [6, 6.07) is 8.99. The van der Waals surface area contributed by atoms with Crippen molar-refractivity contribution in [2.24, 2.45) is 17.8 Å². The molecule has 4 aliphatic rings. The molecule has 2 amide bonds. The molecule has 0 aromatic heterocycles. The van der Waals surface area contributed by atoms with Gasteiger partial charge < -0.3 is 15.0 Å². The number of piperidine rings is 1. The van der Waals surface area contributed by atoms with Crippen LogP contribution in [0, 0.1) is 17.8 Å². The van der Waals surface area contributed by atoms with Crippen LogP contribution in [0.5, 0.6) is 0 Å². The van der Waals surface area contributed by atoms with Crippen molar-refractivity contribution in [2.75, 3.05) is 19.7 Å². The van der Waals surface area contributed by atoms with Gasteiger partial charge in [0.2, 0.25) is 5.91 Å². The van der Waals surface area contributed by atoms with Gasteiger partial charge in [0.05, 0.1) is 5.54 Å². The van der Waals surface area contributed by atoms with Crippen LogP contribution in [0.2, 0.25) is 0 Å². The van der Waals surface area contributed by atoms with Gasteiger partial charge in [0.25, 0.3) is 0 Å². The molecule has 2 aliphatic heterocycles. The summed E-state index contributed by atoms with van der Waals surface area (Å²) in [7, 11) is 0. The van der Waals surface area contributed by atoms with Gasteiger partial charge in [-0.3, -0.25) is 4.79 Å². The summed E-state index contributed by atoms with van der Waals surface area (Å²) in [5.74, 6) is 2.77. The molecule has 1 unspecified atom stereocenters. The Balaban J connectivity index is 1.18. The number of likely N-dealkylation sites (tertiary alicyclic amines) is 1. The van der Waals surface area contributed by atoms with Crippen LogP contribution >= 0.6 is 0 Å². The summed E-state index contributed by atoms with van der Waals surface area (Å²) in [5.41, 5.74) is 2.59. The zero-order chi connectivity index (χ0) is 18.1. The van der Waals surface area contributed by atoms with Crippen LogP contribution in [-0.4, -0.2) is 42.1 Å². The fourth-order valence-corrected chi connectivity index (χ4v) is 5.35. The molecule has 0 radical (unpaired) electrons. The van der Waals surface area contributed by atoms with Gasteiger partial charge in [0, 0.05) is 19.0 Å². The number of amides is 2. The molecule has 1 spiro atoms. The average molecular weight is 354 g/mol. The van der Waals surface area contributed by atoms with Gasteiger partial charge in [-0.15, -0.1) is 0 Å². The van der Waals surface area contributed by atoms with E-state index in [0.29, 0.717) is 30.3 Å². The van der Waals surface area contributed by atoms with Crippen molar-refractivity contribution in [3.63, 3.8) is 0 Å². The molecule has 5 heteroatoms. The molecule has 26 heavy (non-hydrogen) atoms. The third-order valence-corrected chi connectivity index (χ3v) is 6.94. The lowest BCUT2D eigenvalue weighted by atomic mass is 9.68. The Morgan fingerprint density at radius 3 is 2.62 bits per heavy atom. The maximum absolute atomic E-state index is 12.8. The Bertz CT molecular complexity index is 756. The van der Waals surface area contributed by atoms with Crippen LogP contribution < -0.4 is 5.32 Å². The number of hydrogen-bond donors (Lipinski definition) is 1. The van der Waals surface area contributed by atoms with E-state index in [1.807, 2.05) is 0 Å². The first-order chi connectivity index (χ1) is 12.5. The Morgan fingerprint density at radius 2 is 2.00 bits per heavy atom. The number of carbonyl (C=O) groups excluding carboxylic acids is 2. The quantitative estimate of drug-likeness (QED) is 0.908. The van der Waals surface area contributed by atoms with E-state index in [2.05, 4.69) is 48.3 Å². The smallest absolute Gasteiger partial charge is 0.407 e. The van der Waals surface area contributed by atoms with Crippen molar-refractivity contribution in [3.05, 3.63) is 35.4 Å². The predicted octanol–water partition coefficient (Wildman–Crippen LogP) is 2.87. The molecule has 2 heterocycles. The van der Waals surface area contributed by atoms with Crippen molar-refractivity contribution in [2.45, 2.75) is 44.1 Å². The van der Waals surface area contributed by atoms with Crippen LogP contribution in [-0.2, 0) is 9.53 Å². The highest BCUT2D eigenvalue weighted by atomic mass is 16.6. The summed E-state index contributed by atoms with van der Waals surface area (Å²) in [6.07, 6.45) is 1.11. The topological polar surface area (TPSA) is 58.6 Å². The van der Waals surface area contributed by atoms with E-state index >= 15 is 0 Å². The number of rotatable bonds is 3. The lowest BCUT2D eigenvalue weighted by Crippen LogP contribution is -2.58. The van der Waals surface area contributed by atoms with Crippen molar-refractivity contribution in [3.8, 4) is 0 Å². The summed E-state index contributed by atoms with van der Waals surface area (Å²) in [5, 5.41) is 2.87. The molecule has 1 N–H and O–H groups in total. The third-order valence-electron chi connectivity index (χ3n) is 6.94. The largest absolute Gasteiger partial charge is 0.447 e. The van der Waals surface area contributed by atoms with Gasteiger partial charge >= 0.3 is 6.09 Å². The minimum Gasteiger partial charge on any atom is -0.447 e. The number of ether oxygens (including phenoxy) is 1. The van der Waals surface area contributed by atoms with Gasteiger partial charge in [-0.2, -0.15) is 0 Å². The zero-order valence-electron chi connectivity index (χ0n) is 15.4. The van der Waals surface area contributed by atoms with E-state index in [4.69, 9.17) is 4.74 Å². The minimum atomic E-state index is -0.343. The summed E-state index contributed by atoms with van der Waals surface area (Å²) >= 11 is 0. The molecular weight excluding hydrogens is 328 g/mol. The van der Waals surface area contributed by atoms with Crippen LogP contribution in [0.4, 0.5) is 4.79 Å². The fraction of sp³-hybridized carbons (Fsp3) is 0.619. The summed E-state index contributed by atoms with van der Waals surface area (Å²) in [6.45, 7) is 6.67.